The zero-order chi connectivity index (χ0) is 13.2. The molecule has 0 amide bonds. The lowest BCUT2D eigenvalue weighted by Crippen LogP contribution is -2.48. The largest absolute Gasteiger partial charge is 0.314 e. The molecule has 0 aromatic carbocycles. The van der Waals surface area contributed by atoms with Crippen LogP contribution in [0, 0.1) is 5.41 Å². The maximum Gasteiger partial charge on any atom is 0.129 e. The van der Waals surface area contributed by atoms with Crippen molar-refractivity contribution in [2.75, 3.05) is 26.2 Å². The SMILES string of the molecule is CC(C)(C)[C@H](c1ccc(Cl)nc1)N1CCNCC1.Cl.Cl. The number of piperazine rings is 1. The summed E-state index contributed by atoms with van der Waals surface area (Å²) in [6.07, 6.45) is 1.92. The van der Waals surface area contributed by atoms with E-state index < -0.39 is 0 Å². The first kappa shape index (κ1) is 19.9. The van der Waals surface area contributed by atoms with Crippen molar-refractivity contribution in [1.82, 2.24) is 15.2 Å². The molecule has 1 saturated heterocycles. The van der Waals surface area contributed by atoms with Crippen LogP contribution >= 0.6 is 36.4 Å². The second-order valence-corrected chi connectivity index (χ2v) is 6.36. The molecular weight excluding hydrogens is 317 g/mol. The number of nitrogens with zero attached hydrogens (tertiary/aromatic N) is 2. The van der Waals surface area contributed by atoms with Crippen molar-refractivity contribution in [3.63, 3.8) is 0 Å². The van der Waals surface area contributed by atoms with Gasteiger partial charge in [0.2, 0.25) is 0 Å². The third-order valence-corrected chi connectivity index (χ3v) is 3.63. The van der Waals surface area contributed by atoms with Gasteiger partial charge < -0.3 is 5.32 Å². The lowest BCUT2D eigenvalue weighted by atomic mass is 9.81. The minimum absolute atomic E-state index is 0. The molecule has 116 valence electrons. The summed E-state index contributed by atoms with van der Waals surface area (Å²) in [5.41, 5.74) is 1.45. The molecule has 0 saturated carbocycles. The molecule has 0 spiro atoms. The van der Waals surface area contributed by atoms with Gasteiger partial charge in [0.1, 0.15) is 5.15 Å². The Bertz CT molecular complexity index is 384. The molecule has 0 aliphatic carbocycles. The van der Waals surface area contributed by atoms with Crippen LogP contribution in [0.3, 0.4) is 0 Å². The third-order valence-electron chi connectivity index (χ3n) is 3.40. The van der Waals surface area contributed by atoms with Crippen LogP contribution in [-0.4, -0.2) is 36.1 Å². The van der Waals surface area contributed by atoms with Gasteiger partial charge in [0.05, 0.1) is 0 Å². The highest BCUT2D eigenvalue weighted by Gasteiger charge is 2.32. The van der Waals surface area contributed by atoms with Gasteiger partial charge in [-0.2, -0.15) is 0 Å². The number of hydrogen-bond acceptors (Lipinski definition) is 3. The van der Waals surface area contributed by atoms with Gasteiger partial charge in [-0.3, -0.25) is 4.90 Å². The molecule has 0 radical (unpaired) electrons. The number of hydrogen-bond donors (Lipinski definition) is 1. The first-order chi connectivity index (χ1) is 8.48. The van der Waals surface area contributed by atoms with Gasteiger partial charge in [-0.15, -0.1) is 24.8 Å². The molecule has 6 heteroatoms. The van der Waals surface area contributed by atoms with Crippen molar-refractivity contribution < 1.29 is 0 Å². The van der Waals surface area contributed by atoms with Crippen molar-refractivity contribution >= 4 is 36.4 Å². The minimum atomic E-state index is 0. The van der Waals surface area contributed by atoms with Gasteiger partial charge >= 0.3 is 0 Å². The topological polar surface area (TPSA) is 28.2 Å². The number of aromatic nitrogens is 1. The fourth-order valence-corrected chi connectivity index (χ4v) is 2.86. The van der Waals surface area contributed by atoms with Crippen LogP contribution in [0.4, 0.5) is 0 Å². The molecule has 20 heavy (non-hydrogen) atoms. The van der Waals surface area contributed by atoms with Crippen LogP contribution in [0.1, 0.15) is 32.4 Å². The normalized spacial score (nSPS) is 17.8. The summed E-state index contributed by atoms with van der Waals surface area (Å²) in [6.45, 7) is 11.2. The molecule has 0 unspecified atom stereocenters. The summed E-state index contributed by atoms with van der Waals surface area (Å²) in [5, 5.41) is 3.96. The molecule has 1 aromatic heterocycles. The first-order valence-electron chi connectivity index (χ1n) is 6.55. The van der Waals surface area contributed by atoms with Gasteiger partial charge in [-0.1, -0.05) is 38.4 Å². The standard InChI is InChI=1S/C14H22ClN3.2ClH/c1-14(2,3)13(18-8-6-16-7-9-18)11-4-5-12(15)17-10-11;;/h4-5,10,13,16H,6-9H2,1-3H3;2*1H/t13-;;/m0../s1. The number of rotatable bonds is 2. The Labute approximate surface area is 139 Å². The average molecular weight is 341 g/mol. The van der Waals surface area contributed by atoms with Crippen LogP contribution in [0.15, 0.2) is 18.3 Å². The lowest BCUT2D eigenvalue weighted by Gasteiger charge is -2.42. The molecule has 1 aliphatic rings. The van der Waals surface area contributed by atoms with E-state index in [2.05, 4.69) is 42.0 Å². The molecule has 1 N–H and O–H groups in total. The maximum absolute atomic E-state index is 5.88. The Hall–Kier alpha value is -0.0600. The van der Waals surface area contributed by atoms with Crippen molar-refractivity contribution in [1.29, 1.82) is 0 Å². The minimum Gasteiger partial charge on any atom is -0.314 e. The summed E-state index contributed by atoms with van der Waals surface area (Å²) < 4.78 is 0. The molecule has 1 atom stereocenters. The van der Waals surface area contributed by atoms with Gasteiger partial charge in [0.15, 0.2) is 0 Å². The van der Waals surface area contributed by atoms with Crippen LogP contribution < -0.4 is 5.32 Å². The quantitative estimate of drug-likeness (QED) is 0.834. The molecule has 1 aromatic rings. The average Bonchev–Trinajstić information content (AvgIpc) is 2.32. The Morgan fingerprint density at radius 2 is 1.80 bits per heavy atom. The van der Waals surface area contributed by atoms with E-state index in [0.717, 1.165) is 26.2 Å². The van der Waals surface area contributed by atoms with Gasteiger partial charge in [0, 0.05) is 38.4 Å². The van der Waals surface area contributed by atoms with Crippen LogP contribution in [-0.2, 0) is 0 Å². The van der Waals surface area contributed by atoms with Crippen molar-refractivity contribution in [2.24, 2.45) is 5.41 Å². The summed E-state index contributed by atoms with van der Waals surface area (Å²) in [6, 6.07) is 4.38. The van der Waals surface area contributed by atoms with E-state index in [1.165, 1.54) is 5.56 Å². The molecule has 1 fully saturated rings. The van der Waals surface area contributed by atoms with E-state index in [-0.39, 0.29) is 30.2 Å². The number of pyridine rings is 1. The fourth-order valence-electron chi connectivity index (χ4n) is 2.75. The third kappa shape index (κ3) is 5.05. The smallest absolute Gasteiger partial charge is 0.129 e. The highest BCUT2D eigenvalue weighted by atomic mass is 35.5. The van der Waals surface area contributed by atoms with Gasteiger partial charge in [-0.25, -0.2) is 4.98 Å². The molecule has 2 heterocycles. The van der Waals surface area contributed by atoms with E-state index >= 15 is 0 Å². The van der Waals surface area contributed by atoms with Crippen molar-refractivity contribution in [3.8, 4) is 0 Å². The van der Waals surface area contributed by atoms with Crippen LogP contribution in [0.5, 0.6) is 0 Å². The Balaban J connectivity index is 0.00000180. The van der Waals surface area contributed by atoms with Crippen molar-refractivity contribution in [2.45, 2.75) is 26.8 Å². The maximum atomic E-state index is 5.88. The molecular formula is C14H24Cl3N3. The Kier molecular flexibility index (Phi) is 8.37. The number of nitrogens with one attached hydrogen (secondary N) is 1. The second kappa shape index (κ2) is 8.40. The van der Waals surface area contributed by atoms with E-state index in [0.29, 0.717) is 11.2 Å². The summed E-state index contributed by atoms with van der Waals surface area (Å²) in [7, 11) is 0. The Morgan fingerprint density at radius 3 is 2.25 bits per heavy atom. The monoisotopic (exact) mass is 339 g/mol. The second-order valence-electron chi connectivity index (χ2n) is 5.97. The van der Waals surface area contributed by atoms with Crippen LogP contribution in [0.25, 0.3) is 0 Å². The van der Waals surface area contributed by atoms with Gasteiger partial charge in [-0.05, 0) is 17.0 Å². The van der Waals surface area contributed by atoms with Crippen molar-refractivity contribution in [3.05, 3.63) is 29.0 Å². The highest BCUT2D eigenvalue weighted by molar-refractivity contribution is 6.29. The molecule has 0 bridgehead atoms. The lowest BCUT2D eigenvalue weighted by molar-refractivity contribution is 0.0860. The Morgan fingerprint density at radius 1 is 1.20 bits per heavy atom. The van der Waals surface area contributed by atoms with E-state index in [9.17, 15) is 0 Å². The van der Waals surface area contributed by atoms with E-state index in [1.807, 2.05) is 12.3 Å². The first-order valence-corrected chi connectivity index (χ1v) is 6.92. The fraction of sp³-hybridized carbons (Fsp3) is 0.643. The summed E-state index contributed by atoms with van der Waals surface area (Å²) >= 11 is 5.88. The molecule has 3 nitrogen and oxygen atoms in total. The van der Waals surface area contributed by atoms with E-state index in [1.54, 1.807) is 0 Å². The van der Waals surface area contributed by atoms with E-state index in [4.69, 9.17) is 11.6 Å². The molecule has 2 rings (SSSR count). The van der Waals surface area contributed by atoms with Gasteiger partial charge in [0.25, 0.3) is 0 Å². The summed E-state index contributed by atoms with van der Waals surface area (Å²) in [5.74, 6) is 0. The zero-order valence-electron chi connectivity index (χ0n) is 12.2. The molecule has 1 aliphatic heterocycles. The highest BCUT2D eigenvalue weighted by Crippen LogP contribution is 2.37. The predicted octanol–water partition coefficient (Wildman–Crippen LogP) is 3.57. The number of halogens is 3. The zero-order valence-corrected chi connectivity index (χ0v) is 14.6. The predicted molar refractivity (Wildman–Crippen MR) is 90.4 cm³/mol. The van der Waals surface area contributed by atoms with Crippen LogP contribution in [0.2, 0.25) is 5.15 Å². The summed E-state index contributed by atoms with van der Waals surface area (Å²) in [4.78, 5) is 6.77.